The lowest BCUT2D eigenvalue weighted by molar-refractivity contribution is -0.134. The van der Waals surface area contributed by atoms with E-state index in [2.05, 4.69) is 6.92 Å². The van der Waals surface area contributed by atoms with Crippen molar-refractivity contribution in [2.75, 3.05) is 39.5 Å². The van der Waals surface area contributed by atoms with E-state index in [0.717, 1.165) is 52.0 Å². The lowest BCUT2D eigenvalue weighted by Crippen LogP contribution is -2.57. The maximum absolute atomic E-state index is 13.1. The van der Waals surface area contributed by atoms with E-state index in [1.807, 2.05) is 4.31 Å². The highest BCUT2D eigenvalue weighted by Gasteiger charge is 2.48. The summed E-state index contributed by atoms with van der Waals surface area (Å²) in [5, 5.41) is 9.11. The molecule has 0 radical (unpaired) electrons. The van der Waals surface area contributed by atoms with Gasteiger partial charge in [0, 0.05) is 39.5 Å². The van der Waals surface area contributed by atoms with Gasteiger partial charge in [-0.05, 0) is 44.4 Å². The zero-order valence-corrected chi connectivity index (χ0v) is 16.7. The van der Waals surface area contributed by atoms with Crippen LogP contribution in [0.15, 0.2) is 0 Å². The van der Waals surface area contributed by atoms with Crippen molar-refractivity contribution >= 4 is 16.9 Å². The number of nitrogens with one attached hydrogen (secondary N) is 1. The standard InChI is InChI=1S/C18H34N2O5S/c1-2-12-24-13-4-3-5-16-6-10-20(11-7-16)26(23)18(17(21)19-22)8-14-25-15-9-18/h16,22H,2-15H2,1H3,(H,19,21). The molecule has 7 nitrogen and oxygen atoms in total. The first-order chi connectivity index (χ1) is 12.6. The topological polar surface area (TPSA) is 88.1 Å². The van der Waals surface area contributed by atoms with E-state index in [1.54, 1.807) is 5.48 Å². The monoisotopic (exact) mass is 390 g/mol. The van der Waals surface area contributed by atoms with Gasteiger partial charge >= 0.3 is 0 Å². The molecule has 0 saturated carbocycles. The molecule has 1 unspecified atom stereocenters. The minimum absolute atomic E-state index is 0.379. The van der Waals surface area contributed by atoms with E-state index in [-0.39, 0.29) is 0 Å². The molecule has 0 aromatic rings. The summed E-state index contributed by atoms with van der Waals surface area (Å²) >= 11 is 0. The van der Waals surface area contributed by atoms with E-state index in [9.17, 15) is 9.00 Å². The van der Waals surface area contributed by atoms with Gasteiger partial charge in [0.1, 0.15) is 15.7 Å². The van der Waals surface area contributed by atoms with Crippen LogP contribution >= 0.6 is 0 Å². The van der Waals surface area contributed by atoms with Crippen LogP contribution in [0.25, 0.3) is 0 Å². The van der Waals surface area contributed by atoms with Crippen LogP contribution in [-0.4, -0.2) is 63.9 Å². The second-order valence-electron chi connectivity index (χ2n) is 7.28. The third-order valence-electron chi connectivity index (χ3n) is 5.46. The number of nitrogens with zero attached hydrogens (tertiary/aromatic N) is 1. The molecule has 0 spiro atoms. The average Bonchev–Trinajstić information content (AvgIpc) is 2.70. The van der Waals surface area contributed by atoms with Crippen LogP contribution in [0.4, 0.5) is 0 Å². The van der Waals surface area contributed by atoms with Crippen molar-refractivity contribution in [2.45, 2.75) is 63.0 Å². The van der Waals surface area contributed by atoms with Crippen molar-refractivity contribution in [1.82, 2.24) is 9.79 Å². The Hall–Kier alpha value is -0.540. The number of carbonyl (C=O) groups excluding carboxylic acids is 1. The summed E-state index contributed by atoms with van der Waals surface area (Å²) in [4.78, 5) is 12.2. The third kappa shape index (κ3) is 5.73. The van der Waals surface area contributed by atoms with Gasteiger partial charge in [0.2, 0.25) is 0 Å². The van der Waals surface area contributed by atoms with Gasteiger partial charge in [0.25, 0.3) is 5.91 Å². The average molecular weight is 391 g/mol. The SMILES string of the molecule is CCCOCCCCC1CCN(S(=O)C2(C(=O)NO)CCOCC2)CC1. The molecule has 1 atom stereocenters. The highest BCUT2D eigenvalue weighted by atomic mass is 32.2. The van der Waals surface area contributed by atoms with Crippen LogP contribution < -0.4 is 5.48 Å². The van der Waals surface area contributed by atoms with Crippen LogP contribution in [0.3, 0.4) is 0 Å². The maximum atomic E-state index is 13.1. The number of carbonyl (C=O) groups is 1. The summed E-state index contributed by atoms with van der Waals surface area (Å²) in [5.74, 6) is 0.111. The van der Waals surface area contributed by atoms with E-state index in [4.69, 9.17) is 14.7 Å². The first kappa shape index (κ1) is 21.8. The summed E-state index contributed by atoms with van der Waals surface area (Å²) in [6.07, 6.45) is 7.30. The van der Waals surface area contributed by atoms with Crippen molar-refractivity contribution in [3.05, 3.63) is 0 Å². The minimum atomic E-state index is -1.45. The number of amides is 1. The molecule has 2 saturated heterocycles. The van der Waals surface area contributed by atoms with Gasteiger partial charge in [-0.15, -0.1) is 0 Å². The van der Waals surface area contributed by atoms with Gasteiger partial charge in [-0.25, -0.2) is 14.0 Å². The van der Waals surface area contributed by atoms with Crippen LogP contribution in [0.1, 0.15) is 58.3 Å². The summed E-state index contributed by atoms with van der Waals surface area (Å²) in [7, 11) is -1.45. The minimum Gasteiger partial charge on any atom is -0.381 e. The molecule has 2 N–H and O–H groups in total. The molecule has 1 amide bonds. The molecule has 0 bridgehead atoms. The fraction of sp³-hybridized carbons (Fsp3) is 0.944. The van der Waals surface area contributed by atoms with Gasteiger partial charge in [0.05, 0.1) is 0 Å². The summed E-state index contributed by atoms with van der Waals surface area (Å²) in [6, 6.07) is 0. The summed E-state index contributed by atoms with van der Waals surface area (Å²) in [5.41, 5.74) is 1.73. The first-order valence-corrected chi connectivity index (χ1v) is 11.0. The Morgan fingerprint density at radius 3 is 2.58 bits per heavy atom. The molecule has 0 aromatic carbocycles. The van der Waals surface area contributed by atoms with Crippen molar-refractivity contribution < 1.29 is 23.7 Å². The van der Waals surface area contributed by atoms with Crippen LogP contribution in [0.2, 0.25) is 0 Å². The van der Waals surface area contributed by atoms with Crippen LogP contribution in [0, 0.1) is 5.92 Å². The Bertz CT molecular complexity index is 449. The number of rotatable bonds is 10. The summed E-state index contributed by atoms with van der Waals surface area (Å²) < 4.78 is 24.8. The zero-order chi connectivity index (χ0) is 18.8. The van der Waals surface area contributed by atoms with Crippen molar-refractivity contribution in [3.8, 4) is 0 Å². The van der Waals surface area contributed by atoms with E-state index >= 15 is 0 Å². The Balaban J connectivity index is 1.77. The molecular weight excluding hydrogens is 356 g/mol. The third-order valence-corrected chi connectivity index (χ3v) is 7.55. The number of hydroxylamine groups is 1. The number of hydrogen-bond acceptors (Lipinski definition) is 5. The zero-order valence-electron chi connectivity index (χ0n) is 15.9. The largest absolute Gasteiger partial charge is 0.381 e. The van der Waals surface area contributed by atoms with E-state index < -0.39 is 21.6 Å². The molecule has 152 valence electrons. The Morgan fingerprint density at radius 1 is 1.27 bits per heavy atom. The van der Waals surface area contributed by atoms with Crippen molar-refractivity contribution in [3.63, 3.8) is 0 Å². The van der Waals surface area contributed by atoms with Gasteiger partial charge in [-0.3, -0.25) is 10.0 Å². The normalized spacial score (nSPS) is 22.8. The maximum Gasteiger partial charge on any atom is 0.263 e. The Morgan fingerprint density at radius 2 is 1.96 bits per heavy atom. The van der Waals surface area contributed by atoms with Gasteiger partial charge in [-0.2, -0.15) is 0 Å². The predicted molar refractivity (Wildman–Crippen MR) is 100 cm³/mol. The van der Waals surface area contributed by atoms with Gasteiger partial charge in [-0.1, -0.05) is 19.8 Å². The van der Waals surface area contributed by atoms with Crippen LogP contribution in [-0.2, 0) is 25.3 Å². The second-order valence-corrected chi connectivity index (χ2v) is 9.07. The fourth-order valence-electron chi connectivity index (χ4n) is 3.78. The van der Waals surface area contributed by atoms with Crippen LogP contribution in [0.5, 0.6) is 0 Å². The molecule has 0 aromatic heterocycles. The van der Waals surface area contributed by atoms with Crippen molar-refractivity contribution in [1.29, 1.82) is 0 Å². The lowest BCUT2D eigenvalue weighted by Gasteiger charge is -2.40. The molecule has 8 heteroatoms. The summed E-state index contributed by atoms with van der Waals surface area (Å²) in [6.45, 7) is 6.09. The molecule has 2 aliphatic rings. The van der Waals surface area contributed by atoms with Crippen molar-refractivity contribution in [2.24, 2.45) is 5.92 Å². The molecule has 26 heavy (non-hydrogen) atoms. The number of piperidine rings is 1. The molecule has 0 aliphatic carbocycles. The van der Waals surface area contributed by atoms with Gasteiger partial charge < -0.3 is 9.47 Å². The number of unbranched alkanes of at least 4 members (excludes halogenated alkanes) is 1. The second kappa shape index (κ2) is 11.3. The smallest absolute Gasteiger partial charge is 0.263 e. The van der Waals surface area contributed by atoms with E-state index in [1.165, 1.54) is 12.8 Å². The molecule has 2 aliphatic heterocycles. The highest BCUT2D eigenvalue weighted by Crippen LogP contribution is 2.33. The molecule has 2 heterocycles. The predicted octanol–water partition coefficient (Wildman–Crippen LogP) is 2.01. The number of hydrogen-bond donors (Lipinski definition) is 2. The lowest BCUT2D eigenvalue weighted by atomic mass is 9.92. The Labute approximate surface area is 159 Å². The number of ether oxygens (including phenoxy) is 2. The first-order valence-electron chi connectivity index (χ1n) is 9.91. The quantitative estimate of drug-likeness (QED) is 0.338. The highest BCUT2D eigenvalue weighted by molar-refractivity contribution is 7.85. The van der Waals surface area contributed by atoms with Gasteiger partial charge in [0.15, 0.2) is 0 Å². The fourth-order valence-corrected chi connectivity index (χ4v) is 5.54. The molecule has 2 rings (SSSR count). The van der Waals surface area contributed by atoms with E-state index in [0.29, 0.717) is 32.0 Å². The molecule has 2 fully saturated rings. The molecular formula is C18H34N2O5S. The Kier molecular flexibility index (Phi) is 9.49.